The van der Waals surface area contributed by atoms with Gasteiger partial charge in [-0.15, -0.1) is 0 Å². The first-order valence-electron chi connectivity index (χ1n) is 6.90. The molecule has 0 atom stereocenters. The zero-order valence-corrected chi connectivity index (χ0v) is 12.6. The normalized spacial score (nSPS) is 10.4. The van der Waals surface area contributed by atoms with Crippen LogP contribution in [0.1, 0.15) is 23.7 Å². The van der Waals surface area contributed by atoms with Gasteiger partial charge in [0, 0.05) is 30.8 Å². The Bertz CT molecular complexity index is 612. The number of nitrogens with zero attached hydrogens (tertiary/aromatic N) is 1. The molecule has 0 spiro atoms. The summed E-state index contributed by atoms with van der Waals surface area (Å²) >= 11 is 6.03. The van der Waals surface area contributed by atoms with Gasteiger partial charge in [-0.1, -0.05) is 23.7 Å². The highest BCUT2D eigenvalue weighted by Crippen LogP contribution is 2.19. The van der Waals surface area contributed by atoms with Crippen LogP contribution in [0.3, 0.4) is 0 Å². The van der Waals surface area contributed by atoms with E-state index in [1.54, 1.807) is 36.4 Å². The summed E-state index contributed by atoms with van der Waals surface area (Å²) < 4.78 is 12.9. The highest BCUT2D eigenvalue weighted by atomic mass is 35.5. The first-order chi connectivity index (χ1) is 10.1. The molecular formula is C17H17ClFNO. The fourth-order valence-electron chi connectivity index (χ4n) is 2.18. The highest BCUT2D eigenvalue weighted by Gasteiger charge is 2.12. The molecule has 0 fully saturated rings. The Hall–Kier alpha value is -1.87. The molecular weight excluding hydrogens is 289 g/mol. The summed E-state index contributed by atoms with van der Waals surface area (Å²) in [6, 6.07) is 13.3. The zero-order chi connectivity index (χ0) is 15.2. The summed E-state index contributed by atoms with van der Waals surface area (Å²) in [7, 11) is 0. The van der Waals surface area contributed by atoms with E-state index in [2.05, 4.69) is 0 Å². The monoisotopic (exact) mass is 305 g/mol. The number of halogens is 2. The number of anilines is 1. The predicted molar refractivity (Wildman–Crippen MR) is 84.7 cm³/mol. The Morgan fingerprint density at radius 3 is 2.43 bits per heavy atom. The SMILES string of the molecule is CCN(CCC(=O)c1ccccc1Cl)c1ccc(F)cc1. The van der Waals surface area contributed by atoms with E-state index in [0.29, 0.717) is 23.6 Å². The molecule has 2 aromatic rings. The molecule has 110 valence electrons. The fourth-order valence-corrected chi connectivity index (χ4v) is 2.42. The van der Waals surface area contributed by atoms with E-state index in [4.69, 9.17) is 11.6 Å². The van der Waals surface area contributed by atoms with Gasteiger partial charge < -0.3 is 4.90 Å². The van der Waals surface area contributed by atoms with Crippen molar-refractivity contribution in [3.63, 3.8) is 0 Å². The van der Waals surface area contributed by atoms with Crippen molar-refractivity contribution in [1.29, 1.82) is 0 Å². The van der Waals surface area contributed by atoms with Crippen LogP contribution in [-0.2, 0) is 0 Å². The maximum atomic E-state index is 12.9. The van der Waals surface area contributed by atoms with Crippen LogP contribution in [0.5, 0.6) is 0 Å². The molecule has 0 aromatic heterocycles. The lowest BCUT2D eigenvalue weighted by Gasteiger charge is -2.22. The van der Waals surface area contributed by atoms with E-state index in [0.717, 1.165) is 12.2 Å². The van der Waals surface area contributed by atoms with Gasteiger partial charge in [0.15, 0.2) is 5.78 Å². The second kappa shape index (κ2) is 7.23. The average Bonchev–Trinajstić information content (AvgIpc) is 2.49. The molecule has 21 heavy (non-hydrogen) atoms. The molecule has 0 radical (unpaired) electrons. The number of ketones is 1. The molecule has 2 nitrogen and oxygen atoms in total. The van der Waals surface area contributed by atoms with E-state index in [-0.39, 0.29) is 11.6 Å². The topological polar surface area (TPSA) is 20.3 Å². The summed E-state index contributed by atoms with van der Waals surface area (Å²) in [4.78, 5) is 14.2. The third-order valence-corrected chi connectivity index (χ3v) is 3.69. The number of carbonyl (C=O) groups excluding carboxylic acids is 1. The lowest BCUT2D eigenvalue weighted by Crippen LogP contribution is -2.25. The minimum atomic E-state index is -0.262. The zero-order valence-electron chi connectivity index (χ0n) is 11.9. The van der Waals surface area contributed by atoms with Crippen LogP contribution in [0.15, 0.2) is 48.5 Å². The molecule has 2 aromatic carbocycles. The molecule has 4 heteroatoms. The number of carbonyl (C=O) groups is 1. The quantitative estimate of drug-likeness (QED) is 0.728. The average molecular weight is 306 g/mol. The van der Waals surface area contributed by atoms with Crippen molar-refractivity contribution in [3.05, 3.63) is 64.9 Å². The van der Waals surface area contributed by atoms with E-state index in [9.17, 15) is 9.18 Å². The number of Topliss-reactive ketones (excluding diaryl/α,β-unsaturated/α-hetero) is 1. The van der Waals surface area contributed by atoms with Gasteiger partial charge in [-0.25, -0.2) is 4.39 Å². The fraction of sp³-hybridized carbons (Fsp3) is 0.235. The van der Waals surface area contributed by atoms with E-state index >= 15 is 0 Å². The standard InChI is InChI=1S/C17H17ClFNO/c1-2-20(14-9-7-13(19)8-10-14)12-11-17(21)15-5-3-4-6-16(15)18/h3-10H,2,11-12H2,1H3. The minimum absolute atomic E-state index is 0.0150. The first kappa shape index (κ1) is 15.5. The van der Waals surface area contributed by atoms with Gasteiger partial charge in [0.05, 0.1) is 5.02 Å². The molecule has 2 rings (SSSR count). The van der Waals surface area contributed by atoms with Crippen molar-refractivity contribution in [3.8, 4) is 0 Å². The maximum Gasteiger partial charge on any atom is 0.166 e. The molecule has 0 N–H and O–H groups in total. The van der Waals surface area contributed by atoms with Gasteiger partial charge in [-0.05, 0) is 43.3 Å². The molecule has 0 aliphatic carbocycles. The predicted octanol–water partition coefficient (Wildman–Crippen LogP) is 4.58. The Labute approximate surface area is 129 Å². The maximum absolute atomic E-state index is 12.9. The Morgan fingerprint density at radius 1 is 1.14 bits per heavy atom. The Balaban J connectivity index is 2.02. The van der Waals surface area contributed by atoms with E-state index < -0.39 is 0 Å². The van der Waals surface area contributed by atoms with Crippen molar-refractivity contribution in [2.75, 3.05) is 18.0 Å². The third kappa shape index (κ3) is 4.05. The third-order valence-electron chi connectivity index (χ3n) is 3.36. The van der Waals surface area contributed by atoms with Gasteiger partial charge in [0.1, 0.15) is 5.82 Å². The van der Waals surface area contributed by atoms with Gasteiger partial charge >= 0.3 is 0 Å². The van der Waals surface area contributed by atoms with Gasteiger partial charge in [-0.3, -0.25) is 4.79 Å². The Morgan fingerprint density at radius 2 is 1.81 bits per heavy atom. The lowest BCUT2D eigenvalue weighted by atomic mass is 10.1. The number of rotatable bonds is 6. The second-order valence-corrected chi connectivity index (χ2v) is 5.12. The summed E-state index contributed by atoms with van der Waals surface area (Å²) in [6.45, 7) is 3.33. The number of hydrogen-bond acceptors (Lipinski definition) is 2. The largest absolute Gasteiger partial charge is 0.371 e. The van der Waals surface area contributed by atoms with Gasteiger partial charge in [0.2, 0.25) is 0 Å². The highest BCUT2D eigenvalue weighted by molar-refractivity contribution is 6.33. The second-order valence-electron chi connectivity index (χ2n) is 4.71. The van der Waals surface area contributed by atoms with Crippen molar-refractivity contribution in [2.45, 2.75) is 13.3 Å². The van der Waals surface area contributed by atoms with Gasteiger partial charge in [0.25, 0.3) is 0 Å². The van der Waals surface area contributed by atoms with Crippen LogP contribution in [-0.4, -0.2) is 18.9 Å². The Kier molecular flexibility index (Phi) is 5.34. The molecule has 0 saturated heterocycles. The van der Waals surface area contributed by atoms with Crippen molar-refractivity contribution in [1.82, 2.24) is 0 Å². The van der Waals surface area contributed by atoms with Crippen LogP contribution in [0.2, 0.25) is 5.02 Å². The van der Waals surface area contributed by atoms with Crippen LogP contribution < -0.4 is 4.90 Å². The summed E-state index contributed by atoms with van der Waals surface area (Å²) in [5.74, 6) is -0.247. The van der Waals surface area contributed by atoms with Crippen LogP contribution >= 0.6 is 11.6 Å². The van der Waals surface area contributed by atoms with Crippen molar-refractivity contribution >= 4 is 23.1 Å². The molecule has 0 amide bonds. The van der Waals surface area contributed by atoms with E-state index in [1.807, 2.05) is 11.8 Å². The molecule has 0 saturated carbocycles. The van der Waals surface area contributed by atoms with Crippen LogP contribution in [0.4, 0.5) is 10.1 Å². The number of hydrogen-bond donors (Lipinski definition) is 0. The summed E-state index contributed by atoms with van der Waals surface area (Å²) in [5, 5.41) is 0.479. The lowest BCUT2D eigenvalue weighted by molar-refractivity contribution is 0.0985. The van der Waals surface area contributed by atoms with Crippen LogP contribution in [0.25, 0.3) is 0 Å². The minimum Gasteiger partial charge on any atom is -0.371 e. The molecule has 0 aliphatic heterocycles. The van der Waals surface area contributed by atoms with Crippen molar-refractivity contribution in [2.24, 2.45) is 0 Å². The molecule has 0 bridgehead atoms. The first-order valence-corrected chi connectivity index (χ1v) is 7.28. The van der Waals surface area contributed by atoms with Crippen molar-refractivity contribution < 1.29 is 9.18 Å². The van der Waals surface area contributed by atoms with Crippen LogP contribution in [0, 0.1) is 5.82 Å². The molecule has 0 heterocycles. The van der Waals surface area contributed by atoms with Gasteiger partial charge in [-0.2, -0.15) is 0 Å². The summed E-state index contributed by atoms with van der Waals surface area (Å²) in [6.07, 6.45) is 0.370. The molecule has 0 aliphatic rings. The number of benzene rings is 2. The smallest absolute Gasteiger partial charge is 0.166 e. The van der Waals surface area contributed by atoms with E-state index in [1.165, 1.54) is 12.1 Å². The summed E-state index contributed by atoms with van der Waals surface area (Å²) in [5.41, 5.74) is 1.46. The molecule has 0 unspecified atom stereocenters.